The van der Waals surface area contributed by atoms with E-state index < -0.39 is 36.1 Å². The fraction of sp³-hybridized carbons (Fsp3) is 0.857. The minimum atomic E-state index is -4.47. The van der Waals surface area contributed by atoms with Gasteiger partial charge in [0.05, 0.1) is 11.5 Å². The van der Waals surface area contributed by atoms with Gasteiger partial charge in [0.15, 0.2) is 0 Å². The minimum Gasteiger partial charge on any atom is -0.388 e. The van der Waals surface area contributed by atoms with E-state index in [9.17, 15) is 27.9 Å². The second kappa shape index (κ2) is 6.85. The highest BCUT2D eigenvalue weighted by Gasteiger charge is 2.41. The lowest BCUT2D eigenvalue weighted by Gasteiger charge is -2.30. The zero-order valence-electron chi connectivity index (χ0n) is 13.0. The molecular formula is C14H23F3N2O3. The molecule has 0 spiro atoms. The topological polar surface area (TPSA) is 69.6 Å². The van der Waals surface area contributed by atoms with Gasteiger partial charge in [-0.3, -0.25) is 9.59 Å². The van der Waals surface area contributed by atoms with Gasteiger partial charge in [-0.1, -0.05) is 20.3 Å². The average Bonchev–Trinajstić information content (AvgIpc) is 2.74. The van der Waals surface area contributed by atoms with Crippen LogP contribution in [-0.4, -0.2) is 53.2 Å². The summed E-state index contributed by atoms with van der Waals surface area (Å²) in [4.78, 5) is 24.1. The Morgan fingerprint density at radius 2 is 2.09 bits per heavy atom. The Bertz CT molecular complexity index is 424. The van der Waals surface area contributed by atoms with Crippen LogP contribution in [0.4, 0.5) is 13.2 Å². The molecule has 0 bridgehead atoms. The van der Waals surface area contributed by atoms with Gasteiger partial charge >= 0.3 is 6.18 Å². The van der Waals surface area contributed by atoms with Gasteiger partial charge in [0.1, 0.15) is 6.54 Å². The Labute approximate surface area is 127 Å². The van der Waals surface area contributed by atoms with Crippen LogP contribution < -0.4 is 5.32 Å². The molecule has 1 saturated heterocycles. The molecule has 0 saturated carbocycles. The van der Waals surface area contributed by atoms with Gasteiger partial charge in [0.2, 0.25) is 11.8 Å². The summed E-state index contributed by atoms with van der Waals surface area (Å²) < 4.78 is 36.9. The summed E-state index contributed by atoms with van der Waals surface area (Å²) in [5.41, 5.74) is -1.10. The molecule has 22 heavy (non-hydrogen) atoms. The molecule has 2 amide bonds. The van der Waals surface area contributed by atoms with Crippen LogP contribution in [0.1, 0.15) is 33.6 Å². The first-order chi connectivity index (χ1) is 9.96. The highest BCUT2D eigenvalue weighted by Crippen LogP contribution is 2.24. The number of amides is 2. The third kappa shape index (κ3) is 5.15. The maximum Gasteiger partial charge on any atom is 0.406 e. The smallest absolute Gasteiger partial charge is 0.388 e. The molecule has 5 nitrogen and oxygen atoms in total. The van der Waals surface area contributed by atoms with E-state index >= 15 is 0 Å². The van der Waals surface area contributed by atoms with E-state index in [4.69, 9.17) is 0 Å². The number of alkyl halides is 3. The van der Waals surface area contributed by atoms with Gasteiger partial charge in [-0.05, 0) is 12.8 Å². The number of carbonyl (C=O) groups is 2. The van der Waals surface area contributed by atoms with Crippen molar-refractivity contribution in [2.75, 3.05) is 19.6 Å². The van der Waals surface area contributed by atoms with Gasteiger partial charge in [0.25, 0.3) is 0 Å². The summed E-state index contributed by atoms with van der Waals surface area (Å²) in [5.74, 6) is -2.02. The van der Waals surface area contributed by atoms with Gasteiger partial charge in [-0.15, -0.1) is 0 Å². The van der Waals surface area contributed by atoms with Crippen molar-refractivity contribution in [3.63, 3.8) is 0 Å². The number of nitrogens with one attached hydrogen (secondary N) is 1. The molecule has 2 N–H and O–H groups in total. The van der Waals surface area contributed by atoms with E-state index in [0.29, 0.717) is 4.90 Å². The lowest BCUT2D eigenvalue weighted by molar-refractivity contribution is -0.157. The van der Waals surface area contributed by atoms with E-state index in [-0.39, 0.29) is 25.4 Å². The Hall–Kier alpha value is -1.31. The van der Waals surface area contributed by atoms with Crippen LogP contribution >= 0.6 is 0 Å². The zero-order valence-corrected chi connectivity index (χ0v) is 13.0. The molecule has 0 aliphatic carbocycles. The van der Waals surface area contributed by atoms with Crippen molar-refractivity contribution >= 4 is 11.8 Å². The minimum absolute atomic E-state index is 0.00476. The standard InChI is InChI=1S/C14H23F3N2O3/c1-4-9(2)13(3,22)7-18-12(21)10-5-11(20)19(6-10)8-14(15,16)17/h9-10,22H,4-8H2,1-3H3,(H,18,21). The fourth-order valence-corrected chi connectivity index (χ4v) is 2.34. The van der Waals surface area contributed by atoms with Crippen LogP contribution in [0, 0.1) is 11.8 Å². The summed E-state index contributed by atoms with van der Waals surface area (Å²) in [6.45, 7) is 3.78. The van der Waals surface area contributed by atoms with E-state index in [0.717, 1.165) is 6.42 Å². The van der Waals surface area contributed by atoms with Crippen molar-refractivity contribution in [2.45, 2.75) is 45.4 Å². The zero-order chi connectivity index (χ0) is 17.1. The Morgan fingerprint density at radius 3 is 2.59 bits per heavy atom. The van der Waals surface area contributed by atoms with Crippen molar-refractivity contribution in [2.24, 2.45) is 11.8 Å². The molecule has 1 aliphatic rings. The van der Waals surface area contributed by atoms with Crippen LogP contribution in [0.3, 0.4) is 0 Å². The third-order valence-corrected chi connectivity index (χ3v) is 4.25. The molecule has 1 aliphatic heterocycles. The third-order valence-electron chi connectivity index (χ3n) is 4.25. The van der Waals surface area contributed by atoms with Gasteiger partial charge in [0, 0.05) is 19.5 Å². The number of hydrogen-bond donors (Lipinski definition) is 2. The number of carbonyl (C=O) groups excluding carboxylic acids is 2. The summed E-state index contributed by atoms with van der Waals surface area (Å²) in [6.07, 6.45) is -3.97. The number of aliphatic hydroxyl groups is 1. The van der Waals surface area contributed by atoms with E-state index in [1.54, 1.807) is 6.92 Å². The van der Waals surface area contributed by atoms with E-state index in [1.165, 1.54) is 0 Å². The van der Waals surface area contributed by atoms with E-state index in [2.05, 4.69) is 5.32 Å². The molecule has 128 valence electrons. The number of rotatable bonds is 6. The van der Waals surface area contributed by atoms with Gasteiger partial charge in [-0.2, -0.15) is 13.2 Å². The predicted octanol–water partition coefficient (Wildman–Crippen LogP) is 1.31. The van der Waals surface area contributed by atoms with Gasteiger partial charge < -0.3 is 15.3 Å². The number of likely N-dealkylation sites (tertiary alicyclic amines) is 1. The normalized spacial score (nSPS) is 23.3. The molecule has 8 heteroatoms. The van der Waals surface area contributed by atoms with E-state index in [1.807, 2.05) is 13.8 Å². The van der Waals surface area contributed by atoms with Crippen LogP contribution in [0.25, 0.3) is 0 Å². The Kier molecular flexibility index (Phi) is 5.83. The number of halogens is 3. The SMILES string of the molecule is CCC(C)C(C)(O)CNC(=O)C1CC(=O)N(CC(F)(F)F)C1. The van der Waals surface area contributed by atoms with Crippen molar-refractivity contribution in [1.29, 1.82) is 0 Å². The van der Waals surface area contributed by atoms with Crippen molar-refractivity contribution in [3.8, 4) is 0 Å². The summed E-state index contributed by atoms with van der Waals surface area (Å²) >= 11 is 0. The summed E-state index contributed by atoms with van der Waals surface area (Å²) in [7, 11) is 0. The molecule has 0 radical (unpaired) electrons. The molecule has 0 aromatic rings. The first-order valence-corrected chi connectivity index (χ1v) is 7.31. The lowest BCUT2D eigenvalue weighted by atomic mass is 9.88. The van der Waals surface area contributed by atoms with Crippen molar-refractivity contribution in [3.05, 3.63) is 0 Å². The Morgan fingerprint density at radius 1 is 1.50 bits per heavy atom. The highest BCUT2D eigenvalue weighted by molar-refractivity contribution is 5.89. The quantitative estimate of drug-likeness (QED) is 0.774. The van der Waals surface area contributed by atoms with Crippen LogP contribution in [-0.2, 0) is 9.59 Å². The molecule has 3 atom stereocenters. The van der Waals surface area contributed by atoms with Crippen LogP contribution in [0.5, 0.6) is 0 Å². The molecule has 3 unspecified atom stereocenters. The molecule has 1 fully saturated rings. The van der Waals surface area contributed by atoms with Gasteiger partial charge in [-0.25, -0.2) is 0 Å². The molecule has 1 heterocycles. The lowest BCUT2D eigenvalue weighted by Crippen LogP contribution is -2.47. The number of hydrogen-bond acceptors (Lipinski definition) is 3. The first kappa shape index (κ1) is 18.7. The summed E-state index contributed by atoms with van der Waals surface area (Å²) in [5, 5.41) is 12.7. The molecule has 1 rings (SSSR count). The molecule has 0 aromatic heterocycles. The maximum atomic E-state index is 12.3. The fourth-order valence-electron chi connectivity index (χ4n) is 2.34. The monoisotopic (exact) mass is 324 g/mol. The Balaban J connectivity index is 2.53. The second-order valence-corrected chi connectivity index (χ2v) is 6.17. The maximum absolute atomic E-state index is 12.3. The van der Waals surface area contributed by atoms with Crippen molar-refractivity contribution < 1.29 is 27.9 Å². The summed E-state index contributed by atoms with van der Waals surface area (Å²) in [6, 6.07) is 0. The number of nitrogens with zero attached hydrogens (tertiary/aromatic N) is 1. The predicted molar refractivity (Wildman–Crippen MR) is 73.8 cm³/mol. The highest BCUT2D eigenvalue weighted by atomic mass is 19.4. The second-order valence-electron chi connectivity index (χ2n) is 6.17. The first-order valence-electron chi connectivity index (χ1n) is 7.31. The van der Waals surface area contributed by atoms with Crippen LogP contribution in [0.15, 0.2) is 0 Å². The average molecular weight is 324 g/mol. The molecular weight excluding hydrogens is 301 g/mol. The molecule has 0 aromatic carbocycles. The van der Waals surface area contributed by atoms with Crippen LogP contribution in [0.2, 0.25) is 0 Å². The van der Waals surface area contributed by atoms with Crippen molar-refractivity contribution in [1.82, 2.24) is 10.2 Å². The largest absolute Gasteiger partial charge is 0.406 e.